The Balaban J connectivity index is 2.75. The number of rotatable bonds is 6. The van der Waals surface area contributed by atoms with Gasteiger partial charge in [0.15, 0.2) is 0 Å². The quantitative estimate of drug-likeness (QED) is 0.457. The Bertz CT molecular complexity index is 662. The van der Waals surface area contributed by atoms with Gasteiger partial charge < -0.3 is 9.05 Å². The SMILES string of the molecule is COP(=O)(CCCC#Cc1cn(C(C)C)c(=O)nc1C)OC. The Kier molecular flexibility index (Phi) is 7.02. The number of hydrogen-bond acceptors (Lipinski definition) is 5. The fourth-order valence-electron chi connectivity index (χ4n) is 1.82. The van der Waals surface area contributed by atoms with Gasteiger partial charge in [-0.2, -0.15) is 4.98 Å². The van der Waals surface area contributed by atoms with E-state index in [0.717, 1.165) is 5.56 Å². The molecule has 0 saturated heterocycles. The van der Waals surface area contributed by atoms with Gasteiger partial charge in [0.2, 0.25) is 0 Å². The second-order valence-electron chi connectivity index (χ2n) is 5.13. The van der Waals surface area contributed by atoms with Crippen molar-refractivity contribution >= 4 is 7.60 Å². The smallest absolute Gasteiger partial charge is 0.312 e. The molecule has 0 aromatic carbocycles. The zero-order valence-electron chi connectivity index (χ0n) is 13.8. The molecular formula is C15H23N2O4P. The number of hydrogen-bond donors (Lipinski definition) is 0. The van der Waals surface area contributed by atoms with E-state index in [-0.39, 0.29) is 11.7 Å². The maximum atomic E-state index is 11.9. The molecule has 0 atom stereocenters. The molecule has 7 heteroatoms. The molecule has 0 unspecified atom stereocenters. The van der Waals surface area contributed by atoms with Crippen LogP contribution in [-0.4, -0.2) is 29.9 Å². The van der Waals surface area contributed by atoms with Crippen molar-refractivity contribution in [2.24, 2.45) is 0 Å². The molecule has 0 spiro atoms. The van der Waals surface area contributed by atoms with E-state index in [9.17, 15) is 9.36 Å². The van der Waals surface area contributed by atoms with Crippen molar-refractivity contribution < 1.29 is 13.6 Å². The second-order valence-corrected chi connectivity index (χ2v) is 7.53. The van der Waals surface area contributed by atoms with E-state index in [1.807, 2.05) is 13.8 Å². The molecule has 0 aliphatic rings. The van der Waals surface area contributed by atoms with E-state index >= 15 is 0 Å². The molecule has 0 aliphatic heterocycles. The summed E-state index contributed by atoms with van der Waals surface area (Å²) < 4.78 is 23.1. The van der Waals surface area contributed by atoms with Gasteiger partial charge >= 0.3 is 13.3 Å². The molecule has 0 fully saturated rings. The first-order valence-corrected chi connectivity index (χ1v) is 8.85. The van der Waals surface area contributed by atoms with E-state index in [4.69, 9.17) is 9.05 Å². The van der Waals surface area contributed by atoms with E-state index in [2.05, 4.69) is 16.8 Å². The lowest BCUT2D eigenvalue weighted by molar-refractivity contribution is 0.275. The number of unbranched alkanes of at least 4 members (excludes halogenated alkanes) is 1. The molecule has 0 saturated carbocycles. The standard InChI is InChI=1S/C15H23N2O4P/c1-12(2)17-11-14(13(3)16-15(17)18)9-7-6-8-10-22(19,20-4)21-5/h11-12H,6,8,10H2,1-5H3. The summed E-state index contributed by atoms with van der Waals surface area (Å²) in [6.45, 7) is 5.60. The largest absolute Gasteiger partial charge is 0.348 e. The van der Waals surface area contributed by atoms with Crippen molar-refractivity contribution in [1.82, 2.24) is 9.55 Å². The molecule has 1 aromatic rings. The van der Waals surface area contributed by atoms with Crippen LogP contribution in [0, 0.1) is 18.8 Å². The van der Waals surface area contributed by atoms with Crippen LogP contribution in [0.1, 0.15) is 44.0 Å². The molecule has 1 heterocycles. The fourth-order valence-corrected chi connectivity index (χ4v) is 2.88. The summed E-state index contributed by atoms with van der Waals surface area (Å²) in [4.78, 5) is 15.7. The van der Waals surface area contributed by atoms with E-state index in [1.54, 1.807) is 17.7 Å². The highest BCUT2D eigenvalue weighted by Gasteiger charge is 2.19. The molecule has 0 amide bonds. The van der Waals surface area contributed by atoms with Gasteiger partial charge in [0.25, 0.3) is 0 Å². The molecule has 22 heavy (non-hydrogen) atoms. The first-order valence-electron chi connectivity index (χ1n) is 7.12. The molecule has 0 radical (unpaired) electrons. The topological polar surface area (TPSA) is 70.4 Å². The van der Waals surface area contributed by atoms with Crippen molar-refractivity contribution in [3.05, 3.63) is 27.9 Å². The third-order valence-corrected chi connectivity index (χ3v) is 5.19. The van der Waals surface area contributed by atoms with Gasteiger partial charge in [-0.25, -0.2) is 4.79 Å². The maximum Gasteiger partial charge on any atom is 0.348 e. The van der Waals surface area contributed by atoms with Gasteiger partial charge in [0, 0.05) is 32.9 Å². The van der Waals surface area contributed by atoms with Crippen molar-refractivity contribution in [1.29, 1.82) is 0 Å². The minimum atomic E-state index is -2.96. The number of nitrogens with zero attached hydrogens (tertiary/aromatic N) is 2. The fraction of sp³-hybridized carbons (Fsp3) is 0.600. The number of aromatic nitrogens is 2. The van der Waals surface area contributed by atoms with Crippen LogP contribution in [0.25, 0.3) is 0 Å². The predicted molar refractivity (Wildman–Crippen MR) is 86.2 cm³/mol. The van der Waals surface area contributed by atoms with Crippen molar-refractivity contribution in [3.63, 3.8) is 0 Å². The van der Waals surface area contributed by atoms with Crippen molar-refractivity contribution in [2.75, 3.05) is 20.4 Å². The Morgan fingerprint density at radius 1 is 1.36 bits per heavy atom. The van der Waals surface area contributed by atoms with Crippen LogP contribution >= 0.6 is 7.60 Å². The molecular weight excluding hydrogens is 303 g/mol. The summed E-state index contributed by atoms with van der Waals surface area (Å²) in [7, 11) is -0.206. The van der Waals surface area contributed by atoms with Gasteiger partial charge in [-0.15, -0.1) is 0 Å². The van der Waals surface area contributed by atoms with E-state index in [1.165, 1.54) is 14.2 Å². The summed E-state index contributed by atoms with van der Waals surface area (Å²) in [5.74, 6) is 6.03. The van der Waals surface area contributed by atoms with Gasteiger partial charge in [-0.05, 0) is 27.2 Å². The molecule has 0 bridgehead atoms. The summed E-state index contributed by atoms with van der Waals surface area (Å²) in [5.41, 5.74) is 1.09. The molecule has 0 aliphatic carbocycles. The molecule has 1 aromatic heterocycles. The van der Waals surface area contributed by atoms with Crippen molar-refractivity contribution in [3.8, 4) is 11.8 Å². The normalized spacial score (nSPS) is 11.4. The summed E-state index contributed by atoms with van der Waals surface area (Å²) >= 11 is 0. The first-order chi connectivity index (χ1) is 10.3. The van der Waals surface area contributed by atoms with Gasteiger partial charge in [-0.3, -0.25) is 9.13 Å². The van der Waals surface area contributed by atoms with Gasteiger partial charge in [0.05, 0.1) is 17.4 Å². The highest BCUT2D eigenvalue weighted by molar-refractivity contribution is 7.53. The van der Waals surface area contributed by atoms with Gasteiger partial charge in [-0.1, -0.05) is 11.8 Å². The highest BCUT2D eigenvalue weighted by atomic mass is 31.2. The summed E-state index contributed by atoms with van der Waals surface area (Å²) in [6, 6.07) is 0.0374. The minimum absolute atomic E-state index is 0.0374. The van der Waals surface area contributed by atoms with Crippen LogP contribution in [0.5, 0.6) is 0 Å². The third kappa shape index (κ3) is 5.10. The van der Waals surface area contributed by atoms with Crippen LogP contribution < -0.4 is 5.69 Å². The van der Waals surface area contributed by atoms with Crippen LogP contribution in [-0.2, 0) is 13.6 Å². The Morgan fingerprint density at radius 3 is 2.55 bits per heavy atom. The Hall–Kier alpha value is -1.41. The van der Waals surface area contributed by atoms with Crippen molar-refractivity contribution in [2.45, 2.75) is 39.7 Å². The lowest BCUT2D eigenvalue weighted by Crippen LogP contribution is -2.25. The molecule has 122 valence electrons. The molecule has 0 N–H and O–H groups in total. The van der Waals surface area contributed by atoms with E-state index in [0.29, 0.717) is 24.7 Å². The molecule has 1 rings (SSSR count). The monoisotopic (exact) mass is 326 g/mol. The summed E-state index contributed by atoms with van der Waals surface area (Å²) in [6.07, 6.45) is 3.24. The first kappa shape index (κ1) is 18.6. The Morgan fingerprint density at radius 2 is 2.00 bits per heavy atom. The predicted octanol–water partition coefficient (Wildman–Crippen LogP) is 2.75. The van der Waals surface area contributed by atoms with Crippen LogP contribution in [0.4, 0.5) is 0 Å². The van der Waals surface area contributed by atoms with Gasteiger partial charge in [0.1, 0.15) is 0 Å². The van der Waals surface area contributed by atoms with Crippen LogP contribution in [0.15, 0.2) is 11.0 Å². The van der Waals surface area contributed by atoms with Crippen LogP contribution in [0.2, 0.25) is 0 Å². The molecule has 6 nitrogen and oxygen atoms in total. The highest BCUT2D eigenvalue weighted by Crippen LogP contribution is 2.46. The lowest BCUT2D eigenvalue weighted by atomic mass is 10.2. The van der Waals surface area contributed by atoms with Crippen LogP contribution in [0.3, 0.4) is 0 Å². The minimum Gasteiger partial charge on any atom is -0.312 e. The lowest BCUT2D eigenvalue weighted by Gasteiger charge is -2.11. The zero-order chi connectivity index (χ0) is 16.8. The maximum absolute atomic E-state index is 11.9. The number of aryl methyl sites for hydroxylation is 1. The zero-order valence-corrected chi connectivity index (χ0v) is 14.6. The summed E-state index contributed by atoms with van der Waals surface area (Å²) in [5, 5.41) is 0. The second kappa shape index (κ2) is 8.28. The third-order valence-electron chi connectivity index (χ3n) is 3.21. The Labute approximate surface area is 131 Å². The average molecular weight is 326 g/mol. The average Bonchev–Trinajstić information content (AvgIpc) is 2.48. The van der Waals surface area contributed by atoms with E-state index < -0.39 is 7.60 Å².